The summed E-state index contributed by atoms with van der Waals surface area (Å²) in [4.78, 5) is 35.6. The molecule has 2 aromatic carbocycles. The standard InChI is InChI=1S/C36H47ClFN5O2/c1-24(2)35(4,40-33(44)23-37)34(45)41-17-14-36(15-18-41,26-8-7-9-27(38)20-26)16-19-42-28-12-13-29(42)22-30(21-28)43-25(3)39-31-10-5-6-11-32(31)43/h5-11,20,24,28-30H,12-19,21-23H2,1-4H3,(H,40,44)/t28-,29+,30?,35?. The summed E-state index contributed by atoms with van der Waals surface area (Å²) in [5.41, 5.74) is 2.07. The van der Waals surface area contributed by atoms with E-state index in [9.17, 15) is 14.0 Å². The number of piperidine rings is 2. The minimum atomic E-state index is -1.03. The van der Waals surface area contributed by atoms with E-state index in [2.05, 4.69) is 52.0 Å². The third kappa shape index (κ3) is 6.00. The highest BCUT2D eigenvalue weighted by Crippen LogP contribution is 2.45. The summed E-state index contributed by atoms with van der Waals surface area (Å²) in [6.07, 6.45) is 7.10. The third-order valence-electron chi connectivity index (χ3n) is 11.4. The Labute approximate surface area is 271 Å². The summed E-state index contributed by atoms with van der Waals surface area (Å²) in [5, 5.41) is 2.89. The zero-order valence-corrected chi connectivity index (χ0v) is 27.8. The van der Waals surface area contributed by atoms with E-state index >= 15 is 0 Å². The van der Waals surface area contributed by atoms with Crippen LogP contribution in [0.15, 0.2) is 48.5 Å². The summed E-state index contributed by atoms with van der Waals surface area (Å²) in [6.45, 7) is 9.91. The molecule has 3 aliphatic heterocycles. The molecule has 45 heavy (non-hydrogen) atoms. The van der Waals surface area contributed by atoms with Gasteiger partial charge in [-0.05, 0) is 106 Å². The minimum absolute atomic E-state index is 0.0776. The Bertz CT molecular complexity index is 1540. The Hall–Kier alpha value is -2.97. The molecule has 1 aromatic heterocycles. The lowest BCUT2D eigenvalue weighted by atomic mass is 9.69. The van der Waals surface area contributed by atoms with Crippen LogP contribution in [0.5, 0.6) is 0 Å². The van der Waals surface area contributed by atoms with Gasteiger partial charge in [0.05, 0.1) is 11.0 Å². The number of hydrogen-bond acceptors (Lipinski definition) is 4. The topological polar surface area (TPSA) is 70.5 Å². The van der Waals surface area contributed by atoms with E-state index < -0.39 is 5.54 Å². The van der Waals surface area contributed by atoms with Crippen molar-refractivity contribution in [2.45, 2.75) is 102 Å². The molecule has 4 atom stereocenters. The van der Waals surface area contributed by atoms with Gasteiger partial charge in [0.15, 0.2) is 0 Å². The maximum absolute atomic E-state index is 14.6. The second-order valence-corrected chi connectivity index (χ2v) is 14.4. The van der Waals surface area contributed by atoms with E-state index in [1.807, 2.05) is 24.8 Å². The van der Waals surface area contributed by atoms with Gasteiger partial charge in [0.2, 0.25) is 11.8 Å². The first-order chi connectivity index (χ1) is 21.5. The second-order valence-electron chi connectivity index (χ2n) is 14.1. The van der Waals surface area contributed by atoms with E-state index in [1.54, 1.807) is 13.0 Å². The van der Waals surface area contributed by atoms with Gasteiger partial charge in [0.25, 0.3) is 0 Å². The van der Waals surface area contributed by atoms with Gasteiger partial charge in [-0.2, -0.15) is 0 Å². The van der Waals surface area contributed by atoms with Gasteiger partial charge in [-0.15, -0.1) is 11.6 Å². The average molecular weight is 636 g/mol. The van der Waals surface area contributed by atoms with Crippen LogP contribution in [0.3, 0.4) is 0 Å². The van der Waals surface area contributed by atoms with Crippen LogP contribution in [0.2, 0.25) is 0 Å². The largest absolute Gasteiger partial charge is 0.341 e. The molecular weight excluding hydrogens is 589 g/mol. The SMILES string of the molecule is Cc1nc2ccccc2n1C1C[C@H]2CC[C@@H](C1)N2CCC1(c2cccc(F)c2)CCN(C(=O)C(C)(NC(=O)CCl)C(C)C)CC1. The zero-order valence-electron chi connectivity index (χ0n) is 27.1. The van der Waals surface area contributed by atoms with Crippen LogP contribution in [-0.2, 0) is 15.0 Å². The monoisotopic (exact) mass is 635 g/mol. The number of likely N-dealkylation sites (tertiary alicyclic amines) is 1. The molecule has 242 valence electrons. The number of nitrogens with zero attached hydrogens (tertiary/aromatic N) is 4. The van der Waals surface area contributed by atoms with Crippen LogP contribution in [0.4, 0.5) is 4.39 Å². The molecule has 3 aromatic rings. The Balaban J connectivity index is 1.18. The Morgan fingerprint density at radius 3 is 2.40 bits per heavy atom. The average Bonchev–Trinajstić information content (AvgIpc) is 3.49. The minimum Gasteiger partial charge on any atom is -0.341 e. The number of carbonyl (C=O) groups is 2. The van der Waals surface area contributed by atoms with Crippen LogP contribution in [0, 0.1) is 18.7 Å². The number of aryl methyl sites for hydroxylation is 1. The lowest BCUT2D eigenvalue weighted by Crippen LogP contribution is -2.62. The molecule has 2 amide bonds. The molecule has 1 N–H and O–H groups in total. The number of rotatable bonds is 9. The summed E-state index contributed by atoms with van der Waals surface area (Å²) in [5.74, 6) is 0.167. The Morgan fingerprint density at radius 2 is 1.76 bits per heavy atom. The van der Waals surface area contributed by atoms with Crippen LogP contribution in [0.25, 0.3) is 11.0 Å². The molecule has 0 aliphatic carbocycles. The fourth-order valence-corrected chi connectivity index (χ4v) is 8.59. The predicted molar refractivity (Wildman–Crippen MR) is 177 cm³/mol. The van der Waals surface area contributed by atoms with Crippen molar-refractivity contribution < 1.29 is 14.0 Å². The Morgan fingerprint density at radius 1 is 1.07 bits per heavy atom. The number of alkyl halides is 1. The molecule has 0 spiro atoms. The first-order valence-electron chi connectivity index (χ1n) is 16.7. The van der Waals surface area contributed by atoms with E-state index in [0.29, 0.717) is 31.2 Å². The number of para-hydroxylation sites is 2. The number of imidazole rings is 1. The maximum Gasteiger partial charge on any atom is 0.248 e. The number of carbonyl (C=O) groups excluding carboxylic acids is 2. The van der Waals surface area contributed by atoms with Crippen molar-refractivity contribution >= 4 is 34.4 Å². The van der Waals surface area contributed by atoms with Gasteiger partial charge in [-0.1, -0.05) is 38.1 Å². The molecule has 9 heteroatoms. The third-order valence-corrected chi connectivity index (χ3v) is 11.7. The smallest absolute Gasteiger partial charge is 0.248 e. The molecule has 0 saturated carbocycles. The van der Waals surface area contributed by atoms with Crippen LogP contribution in [0.1, 0.15) is 83.1 Å². The molecule has 7 nitrogen and oxygen atoms in total. The van der Waals surface area contributed by atoms with Crippen LogP contribution in [-0.4, -0.2) is 74.3 Å². The number of halogens is 2. The Kier molecular flexibility index (Phi) is 9.01. The quantitative estimate of drug-likeness (QED) is 0.277. The lowest BCUT2D eigenvalue weighted by molar-refractivity contribution is -0.144. The maximum atomic E-state index is 14.6. The molecule has 6 rings (SSSR count). The molecular formula is C36H47ClFN5O2. The molecule has 3 fully saturated rings. The van der Waals surface area contributed by atoms with E-state index in [-0.39, 0.29) is 34.8 Å². The molecule has 3 aliphatic rings. The van der Waals surface area contributed by atoms with E-state index in [0.717, 1.165) is 55.6 Å². The molecule has 0 radical (unpaired) electrons. The van der Waals surface area contributed by atoms with Gasteiger partial charge >= 0.3 is 0 Å². The van der Waals surface area contributed by atoms with Crippen molar-refractivity contribution in [2.75, 3.05) is 25.5 Å². The number of nitrogens with one attached hydrogen (secondary N) is 1. The first-order valence-corrected chi connectivity index (χ1v) is 17.2. The second kappa shape index (κ2) is 12.7. The van der Waals surface area contributed by atoms with Crippen molar-refractivity contribution in [3.8, 4) is 0 Å². The normalized spacial score (nSPS) is 24.6. The highest BCUT2D eigenvalue weighted by molar-refractivity contribution is 6.27. The summed E-state index contributed by atoms with van der Waals surface area (Å²) >= 11 is 5.78. The number of amides is 2. The summed E-state index contributed by atoms with van der Waals surface area (Å²) < 4.78 is 17.1. The van der Waals surface area contributed by atoms with Gasteiger partial charge in [0.1, 0.15) is 23.1 Å². The zero-order chi connectivity index (χ0) is 31.9. The number of benzene rings is 2. The predicted octanol–water partition coefficient (Wildman–Crippen LogP) is 6.37. The molecule has 3 saturated heterocycles. The molecule has 2 bridgehead atoms. The van der Waals surface area contributed by atoms with Crippen molar-refractivity contribution in [3.63, 3.8) is 0 Å². The van der Waals surface area contributed by atoms with Gasteiger partial charge < -0.3 is 14.8 Å². The van der Waals surface area contributed by atoms with Gasteiger partial charge in [-0.25, -0.2) is 9.37 Å². The summed E-state index contributed by atoms with van der Waals surface area (Å²) in [6, 6.07) is 17.0. The van der Waals surface area contributed by atoms with Crippen molar-refractivity contribution in [2.24, 2.45) is 5.92 Å². The highest BCUT2D eigenvalue weighted by atomic mass is 35.5. The van der Waals surface area contributed by atoms with Crippen molar-refractivity contribution in [3.05, 3.63) is 65.7 Å². The van der Waals surface area contributed by atoms with E-state index in [4.69, 9.17) is 16.6 Å². The molecule has 2 unspecified atom stereocenters. The van der Waals surface area contributed by atoms with Crippen LogP contribution < -0.4 is 5.32 Å². The summed E-state index contributed by atoms with van der Waals surface area (Å²) in [7, 11) is 0. The van der Waals surface area contributed by atoms with Crippen LogP contribution >= 0.6 is 11.6 Å². The fraction of sp³-hybridized carbons (Fsp3) is 0.583. The van der Waals surface area contributed by atoms with Crippen molar-refractivity contribution in [1.82, 2.24) is 24.7 Å². The lowest BCUT2D eigenvalue weighted by Gasteiger charge is -2.47. The van der Waals surface area contributed by atoms with E-state index in [1.165, 1.54) is 24.4 Å². The van der Waals surface area contributed by atoms with Gasteiger partial charge in [0, 0.05) is 31.2 Å². The number of aromatic nitrogens is 2. The highest BCUT2D eigenvalue weighted by Gasteiger charge is 2.46. The number of hydrogen-bond donors (Lipinski definition) is 1. The first kappa shape index (κ1) is 32.0. The fourth-order valence-electron chi connectivity index (χ4n) is 8.53. The number of fused-ring (bicyclic) bond motifs is 3. The molecule has 4 heterocycles. The van der Waals surface area contributed by atoms with Gasteiger partial charge in [-0.3, -0.25) is 14.5 Å². The van der Waals surface area contributed by atoms with Crippen molar-refractivity contribution in [1.29, 1.82) is 0 Å².